The lowest BCUT2D eigenvalue weighted by Gasteiger charge is -2.24. The fourth-order valence-electron chi connectivity index (χ4n) is 5.22. The molecule has 1 aliphatic rings. The van der Waals surface area contributed by atoms with E-state index in [-0.39, 0.29) is 12.5 Å². The molecule has 0 saturated carbocycles. The Kier molecular flexibility index (Phi) is 8.43. The molecule has 4 aromatic rings. The average Bonchev–Trinajstić information content (AvgIpc) is 3.35. The molecule has 0 saturated heterocycles. The Labute approximate surface area is 243 Å². The second-order valence-corrected chi connectivity index (χ2v) is 10.1. The molecule has 8 nitrogen and oxygen atoms in total. The number of methoxy groups -OCH3 is 1. The van der Waals surface area contributed by atoms with Crippen LogP contribution in [0.15, 0.2) is 97.1 Å². The minimum Gasteiger partial charge on any atom is -0.467 e. The van der Waals surface area contributed by atoms with Crippen LogP contribution in [0.1, 0.15) is 44.7 Å². The van der Waals surface area contributed by atoms with Crippen LogP contribution in [-0.4, -0.2) is 50.1 Å². The molecule has 0 fully saturated rings. The van der Waals surface area contributed by atoms with Crippen LogP contribution in [0, 0.1) is 0 Å². The second-order valence-electron chi connectivity index (χ2n) is 10.1. The summed E-state index contributed by atoms with van der Waals surface area (Å²) >= 11 is 0. The lowest BCUT2D eigenvalue weighted by atomic mass is 9.98. The first kappa shape index (κ1) is 28.3. The van der Waals surface area contributed by atoms with Crippen molar-refractivity contribution in [2.24, 2.45) is 0 Å². The Balaban J connectivity index is 1.21. The minimum atomic E-state index is -1.15. The molecule has 42 heavy (non-hydrogen) atoms. The minimum absolute atomic E-state index is 0.111. The Morgan fingerprint density at radius 1 is 0.786 bits per heavy atom. The number of esters is 1. The number of amides is 2. The molecule has 0 unspecified atom stereocenters. The molecule has 0 heterocycles. The monoisotopic (exact) mass is 562 g/mol. The Morgan fingerprint density at radius 3 is 1.88 bits per heavy atom. The van der Waals surface area contributed by atoms with E-state index in [9.17, 15) is 19.2 Å². The van der Waals surface area contributed by atoms with E-state index in [1.807, 2.05) is 48.5 Å². The van der Waals surface area contributed by atoms with Crippen molar-refractivity contribution in [3.05, 3.63) is 119 Å². The van der Waals surface area contributed by atoms with Crippen molar-refractivity contribution in [1.29, 1.82) is 0 Å². The van der Waals surface area contributed by atoms with Crippen LogP contribution in [-0.2, 0) is 14.3 Å². The number of rotatable bonds is 9. The van der Waals surface area contributed by atoms with E-state index in [4.69, 9.17) is 9.47 Å². The maximum Gasteiger partial charge on any atom is 0.407 e. The number of alkyl carbamates (subject to hydrolysis) is 1. The number of fused-ring (bicyclic) bond motifs is 3. The molecule has 0 bridgehead atoms. The zero-order chi connectivity index (χ0) is 29.6. The number of nitrogens with one attached hydrogen (secondary N) is 2. The smallest absolute Gasteiger partial charge is 0.407 e. The van der Waals surface area contributed by atoms with Crippen molar-refractivity contribution in [3.8, 4) is 22.3 Å². The number of ether oxygens (including phenoxy) is 2. The van der Waals surface area contributed by atoms with Gasteiger partial charge in [-0.1, -0.05) is 84.9 Å². The lowest BCUT2D eigenvalue weighted by Crippen LogP contribution is -2.54. The van der Waals surface area contributed by atoms with Crippen LogP contribution in [0.5, 0.6) is 0 Å². The SMILES string of the molecule is COC(=O)[C@@H](NC(=O)c1ccc(-c2ccc(C=O)cc2)cc1)[C@@H](C)NC(=O)OCC1c2ccccc2-c2ccccc21. The summed E-state index contributed by atoms with van der Waals surface area (Å²) in [5.41, 5.74) is 7.06. The third kappa shape index (κ3) is 5.93. The van der Waals surface area contributed by atoms with Gasteiger partial charge in [-0.2, -0.15) is 0 Å². The summed E-state index contributed by atoms with van der Waals surface area (Å²) in [6.07, 6.45) is 0.0655. The van der Waals surface area contributed by atoms with Gasteiger partial charge in [0.1, 0.15) is 18.9 Å². The first-order chi connectivity index (χ1) is 20.4. The fraction of sp³-hybridized carbons (Fsp3) is 0.176. The molecule has 212 valence electrons. The predicted molar refractivity (Wildman–Crippen MR) is 158 cm³/mol. The van der Waals surface area contributed by atoms with Crippen LogP contribution in [0.25, 0.3) is 22.3 Å². The van der Waals surface area contributed by atoms with Crippen LogP contribution in [0.2, 0.25) is 0 Å². The zero-order valence-electron chi connectivity index (χ0n) is 23.2. The van der Waals surface area contributed by atoms with Crippen molar-refractivity contribution < 1.29 is 28.7 Å². The van der Waals surface area contributed by atoms with Crippen molar-refractivity contribution in [2.45, 2.75) is 24.9 Å². The summed E-state index contributed by atoms with van der Waals surface area (Å²) in [5, 5.41) is 5.33. The third-order valence-corrected chi connectivity index (χ3v) is 7.46. The molecule has 8 heteroatoms. The zero-order valence-corrected chi connectivity index (χ0v) is 23.2. The van der Waals surface area contributed by atoms with E-state index in [0.29, 0.717) is 11.1 Å². The summed E-state index contributed by atoms with van der Waals surface area (Å²) < 4.78 is 10.5. The highest BCUT2D eigenvalue weighted by Crippen LogP contribution is 2.44. The van der Waals surface area contributed by atoms with Gasteiger partial charge in [0.05, 0.1) is 13.2 Å². The number of benzene rings is 4. The van der Waals surface area contributed by atoms with E-state index in [1.165, 1.54) is 7.11 Å². The number of hydrogen-bond acceptors (Lipinski definition) is 6. The predicted octanol–water partition coefficient (Wildman–Crippen LogP) is 5.36. The van der Waals surface area contributed by atoms with E-state index in [0.717, 1.165) is 39.7 Å². The van der Waals surface area contributed by atoms with Crippen LogP contribution < -0.4 is 10.6 Å². The highest BCUT2D eigenvalue weighted by Gasteiger charge is 2.32. The molecule has 5 rings (SSSR count). The second kappa shape index (κ2) is 12.5. The molecular weight excluding hydrogens is 532 g/mol. The summed E-state index contributed by atoms with van der Waals surface area (Å²) in [4.78, 5) is 49.3. The molecule has 0 aliphatic heterocycles. The van der Waals surface area contributed by atoms with Gasteiger partial charge >= 0.3 is 12.1 Å². The van der Waals surface area contributed by atoms with Gasteiger partial charge < -0.3 is 20.1 Å². The van der Waals surface area contributed by atoms with Crippen LogP contribution in [0.4, 0.5) is 4.79 Å². The third-order valence-electron chi connectivity index (χ3n) is 7.46. The molecule has 1 aliphatic carbocycles. The van der Waals surface area contributed by atoms with Gasteiger partial charge in [0.2, 0.25) is 0 Å². The molecular formula is C34H30N2O6. The molecule has 0 radical (unpaired) electrons. The normalized spacial score (nSPS) is 13.2. The summed E-state index contributed by atoms with van der Waals surface area (Å²) in [7, 11) is 1.21. The fourth-order valence-corrected chi connectivity index (χ4v) is 5.22. The van der Waals surface area contributed by atoms with Gasteiger partial charge in [0.25, 0.3) is 5.91 Å². The largest absolute Gasteiger partial charge is 0.467 e. The van der Waals surface area contributed by atoms with E-state index in [2.05, 4.69) is 22.8 Å². The van der Waals surface area contributed by atoms with Gasteiger partial charge in [-0.05, 0) is 52.4 Å². The Bertz CT molecular complexity index is 1570. The lowest BCUT2D eigenvalue weighted by molar-refractivity contribution is -0.143. The average molecular weight is 563 g/mol. The quantitative estimate of drug-likeness (QED) is 0.210. The molecule has 2 N–H and O–H groups in total. The van der Waals surface area contributed by atoms with Crippen molar-refractivity contribution >= 4 is 24.3 Å². The van der Waals surface area contributed by atoms with Crippen molar-refractivity contribution in [1.82, 2.24) is 10.6 Å². The molecule has 4 aromatic carbocycles. The highest BCUT2D eigenvalue weighted by molar-refractivity contribution is 5.97. The van der Waals surface area contributed by atoms with Gasteiger partial charge in [-0.3, -0.25) is 9.59 Å². The number of carbonyl (C=O) groups is 4. The summed E-state index contributed by atoms with van der Waals surface area (Å²) in [6.45, 7) is 1.71. The van der Waals surface area contributed by atoms with Gasteiger partial charge in [0, 0.05) is 17.0 Å². The van der Waals surface area contributed by atoms with Gasteiger partial charge in [0.15, 0.2) is 0 Å². The Morgan fingerprint density at radius 2 is 1.33 bits per heavy atom. The standard InChI is InChI=1S/C34H30N2O6/c1-21(35-34(40)42-20-30-28-9-5-3-7-26(28)27-8-4-6-10-29(27)30)31(33(39)41-2)36-32(38)25-17-15-24(16-18-25)23-13-11-22(19-37)12-14-23/h3-19,21,30-31H,20H2,1-2H3,(H,35,40)(H,36,38)/t21-,31+/m1/s1. The summed E-state index contributed by atoms with van der Waals surface area (Å²) in [5.74, 6) is -1.32. The van der Waals surface area contributed by atoms with Crippen LogP contribution in [0.3, 0.4) is 0 Å². The highest BCUT2D eigenvalue weighted by atomic mass is 16.5. The molecule has 0 spiro atoms. The van der Waals surface area contributed by atoms with Crippen molar-refractivity contribution in [3.63, 3.8) is 0 Å². The number of hydrogen-bond donors (Lipinski definition) is 2. The van der Waals surface area contributed by atoms with E-state index < -0.39 is 30.1 Å². The van der Waals surface area contributed by atoms with Crippen molar-refractivity contribution in [2.75, 3.05) is 13.7 Å². The van der Waals surface area contributed by atoms with Gasteiger partial charge in [-0.25, -0.2) is 9.59 Å². The maximum atomic E-state index is 13.0. The van der Waals surface area contributed by atoms with Crippen LogP contribution >= 0.6 is 0 Å². The summed E-state index contributed by atoms with van der Waals surface area (Å²) in [6, 6.07) is 28.0. The number of aldehydes is 1. The molecule has 2 amide bonds. The topological polar surface area (TPSA) is 111 Å². The number of carbonyl (C=O) groups excluding carboxylic acids is 4. The first-order valence-corrected chi connectivity index (χ1v) is 13.6. The Hall–Kier alpha value is -5.24. The first-order valence-electron chi connectivity index (χ1n) is 13.6. The van der Waals surface area contributed by atoms with E-state index >= 15 is 0 Å². The molecule has 2 atom stereocenters. The van der Waals surface area contributed by atoms with Gasteiger partial charge in [-0.15, -0.1) is 0 Å². The molecule has 0 aromatic heterocycles. The van der Waals surface area contributed by atoms with E-state index in [1.54, 1.807) is 43.3 Å². The maximum absolute atomic E-state index is 13.0.